The second-order valence-corrected chi connectivity index (χ2v) is 6.82. The molecular formula is C15H21N3OS. The molecule has 0 saturated carbocycles. The first-order valence-corrected chi connectivity index (χ1v) is 8.10. The predicted octanol–water partition coefficient (Wildman–Crippen LogP) is 3.85. The van der Waals surface area contributed by atoms with Gasteiger partial charge in [-0.15, -0.1) is 11.3 Å². The van der Waals surface area contributed by atoms with Crippen molar-refractivity contribution in [3.63, 3.8) is 0 Å². The number of ether oxygens (including phenoxy) is 1. The Labute approximate surface area is 123 Å². The number of nitrogens with zero attached hydrogens (tertiary/aromatic N) is 2. The Hall–Kier alpha value is -1.20. The van der Waals surface area contributed by atoms with Gasteiger partial charge in [0.25, 0.3) is 0 Å². The fourth-order valence-corrected chi connectivity index (χ4v) is 3.49. The summed E-state index contributed by atoms with van der Waals surface area (Å²) in [6.45, 7) is 8.11. The van der Waals surface area contributed by atoms with Crippen LogP contribution in [-0.4, -0.2) is 23.1 Å². The molecule has 1 aliphatic rings. The zero-order valence-corrected chi connectivity index (χ0v) is 13.1. The van der Waals surface area contributed by atoms with Crippen molar-refractivity contribution in [2.24, 2.45) is 0 Å². The fourth-order valence-electron chi connectivity index (χ4n) is 2.61. The van der Waals surface area contributed by atoms with E-state index in [1.165, 1.54) is 4.88 Å². The van der Waals surface area contributed by atoms with Crippen LogP contribution in [0.2, 0.25) is 0 Å². The molecule has 0 bridgehead atoms. The number of aryl methyl sites for hydroxylation is 1. The van der Waals surface area contributed by atoms with Crippen LogP contribution in [-0.2, 0) is 10.3 Å². The van der Waals surface area contributed by atoms with Crippen molar-refractivity contribution in [1.82, 2.24) is 9.97 Å². The Morgan fingerprint density at radius 1 is 1.45 bits per heavy atom. The molecule has 1 atom stereocenters. The van der Waals surface area contributed by atoms with Crippen molar-refractivity contribution in [3.8, 4) is 0 Å². The van der Waals surface area contributed by atoms with Gasteiger partial charge in [-0.2, -0.15) is 0 Å². The smallest absolute Gasteiger partial charge is 0.163 e. The standard InChI is InChI=1S/C15H21N3OS/c1-4-7-16-12-11-9-10(2)20-13(11)18-14(17-12)15(3)6-5-8-19-15/h9H,4-8H2,1-3H3,(H,16,17,18). The molecule has 5 heteroatoms. The van der Waals surface area contributed by atoms with E-state index in [9.17, 15) is 0 Å². The highest BCUT2D eigenvalue weighted by Gasteiger charge is 2.35. The van der Waals surface area contributed by atoms with Gasteiger partial charge in [-0.1, -0.05) is 6.92 Å². The van der Waals surface area contributed by atoms with E-state index in [1.54, 1.807) is 11.3 Å². The van der Waals surface area contributed by atoms with Gasteiger partial charge in [-0.05, 0) is 39.2 Å². The van der Waals surface area contributed by atoms with Gasteiger partial charge in [-0.3, -0.25) is 0 Å². The van der Waals surface area contributed by atoms with Crippen LogP contribution in [0.5, 0.6) is 0 Å². The van der Waals surface area contributed by atoms with E-state index in [0.29, 0.717) is 0 Å². The van der Waals surface area contributed by atoms with E-state index < -0.39 is 0 Å². The summed E-state index contributed by atoms with van der Waals surface area (Å²) in [6, 6.07) is 2.17. The van der Waals surface area contributed by atoms with Crippen LogP contribution in [0.3, 0.4) is 0 Å². The minimum Gasteiger partial charge on any atom is -0.369 e. The lowest BCUT2D eigenvalue weighted by molar-refractivity contribution is 0.00976. The molecule has 1 fully saturated rings. The highest BCUT2D eigenvalue weighted by molar-refractivity contribution is 7.18. The summed E-state index contributed by atoms with van der Waals surface area (Å²) in [4.78, 5) is 11.9. The van der Waals surface area contributed by atoms with E-state index in [4.69, 9.17) is 14.7 Å². The molecular weight excluding hydrogens is 270 g/mol. The van der Waals surface area contributed by atoms with Crippen LogP contribution in [0.15, 0.2) is 6.07 Å². The lowest BCUT2D eigenvalue weighted by Gasteiger charge is -2.22. The Kier molecular flexibility index (Phi) is 3.65. The van der Waals surface area contributed by atoms with Crippen LogP contribution in [0.4, 0.5) is 5.82 Å². The largest absolute Gasteiger partial charge is 0.369 e. The highest BCUT2D eigenvalue weighted by atomic mass is 32.1. The topological polar surface area (TPSA) is 47.0 Å². The summed E-state index contributed by atoms with van der Waals surface area (Å²) in [5, 5.41) is 4.56. The van der Waals surface area contributed by atoms with E-state index in [2.05, 4.69) is 32.2 Å². The van der Waals surface area contributed by atoms with Crippen molar-refractivity contribution < 1.29 is 4.74 Å². The molecule has 0 spiro atoms. The molecule has 1 saturated heterocycles. The van der Waals surface area contributed by atoms with Gasteiger partial charge in [-0.25, -0.2) is 9.97 Å². The summed E-state index contributed by atoms with van der Waals surface area (Å²) in [7, 11) is 0. The maximum atomic E-state index is 5.89. The van der Waals surface area contributed by atoms with Gasteiger partial charge in [0.1, 0.15) is 16.2 Å². The van der Waals surface area contributed by atoms with Crippen LogP contribution >= 0.6 is 11.3 Å². The van der Waals surface area contributed by atoms with Gasteiger partial charge in [0.05, 0.1) is 5.39 Å². The Bertz CT molecular complexity index is 617. The van der Waals surface area contributed by atoms with Gasteiger partial charge < -0.3 is 10.1 Å². The number of fused-ring (bicyclic) bond motifs is 1. The number of rotatable bonds is 4. The molecule has 0 radical (unpaired) electrons. The Balaban J connectivity index is 2.09. The lowest BCUT2D eigenvalue weighted by Crippen LogP contribution is -2.24. The molecule has 108 valence electrons. The summed E-state index contributed by atoms with van der Waals surface area (Å²) in [5.41, 5.74) is -0.325. The van der Waals surface area contributed by atoms with Gasteiger partial charge in [0, 0.05) is 18.0 Å². The first-order valence-electron chi connectivity index (χ1n) is 7.29. The minimum absolute atomic E-state index is 0.325. The number of thiophene rings is 1. The maximum Gasteiger partial charge on any atom is 0.163 e. The van der Waals surface area contributed by atoms with Gasteiger partial charge >= 0.3 is 0 Å². The van der Waals surface area contributed by atoms with Crippen LogP contribution < -0.4 is 5.32 Å². The summed E-state index contributed by atoms with van der Waals surface area (Å²) >= 11 is 1.72. The molecule has 2 aromatic rings. The number of nitrogens with one attached hydrogen (secondary N) is 1. The van der Waals surface area contributed by atoms with Crippen molar-refractivity contribution in [2.45, 2.75) is 45.6 Å². The average molecular weight is 291 g/mol. The second-order valence-electron chi connectivity index (χ2n) is 5.58. The number of anilines is 1. The van der Waals surface area contributed by atoms with Crippen LogP contribution in [0.25, 0.3) is 10.2 Å². The quantitative estimate of drug-likeness (QED) is 0.929. The van der Waals surface area contributed by atoms with Crippen molar-refractivity contribution >= 4 is 27.4 Å². The summed E-state index contributed by atoms with van der Waals surface area (Å²) < 4.78 is 5.89. The van der Waals surface area contributed by atoms with Crippen molar-refractivity contribution in [3.05, 3.63) is 16.8 Å². The maximum absolute atomic E-state index is 5.89. The molecule has 1 unspecified atom stereocenters. The zero-order chi connectivity index (χ0) is 14.2. The number of hydrogen-bond donors (Lipinski definition) is 1. The molecule has 1 N–H and O–H groups in total. The first kappa shape index (κ1) is 13.8. The molecule has 20 heavy (non-hydrogen) atoms. The van der Waals surface area contributed by atoms with Gasteiger partial charge in [0.15, 0.2) is 5.82 Å². The second kappa shape index (κ2) is 5.30. The van der Waals surface area contributed by atoms with Gasteiger partial charge in [0.2, 0.25) is 0 Å². The molecule has 2 aromatic heterocycles. The molecule has 3 heterocycles. The monoisotopic (exact) mass is 291 g/mol. The van der Waals surface area contributed by atoms with E-state index in [0.717, 1.165) is 54.3 Å². The van der Waals surface area contributed by atoms with E-state index in [1.807, 2.05) is 0 Å². The van der Waals surface area contributed by atoms with Crippen LogP contribution in [0, 0.1) is 6.92 Å². The molecule has 3 rings (SSSR count). The van der Waals surface area contributed by atoms with Crippen molar-refractivity contribution in [1.29, 1.82) is 0 Å². The third-order valence-corrected chi connectivity index (χ3v) is 4.69. The number of hydrogen-bond acceptors (Lipinski definition) is 5. The summed E-state index contributed by atoms with van der Waals surface area (Å²) in [6.07, 6.45) is 3.16. The molecule has 4 nitrogen and oxygen atoms in total. The predicted molar refractivity (Wildman–Crippen MR) is 83.5 cm³/mol. The number of aromatic nitrogens is 2. The fraction of sp³-hybridized carbons (Fsp3) is 0.600. The lowest BCUT2D eigenvalue weighted by atomic mass is 10.0. The normalized spacial score (nSPS) is 22.6. The zero-order valence-electron chi connectivity index (χ0n) is 12.3. The highest BCUT2D eigenvalue weighted by Crippen LogP contribution is 2.37. The molecule has 0 aliphatic carbocycles. The average Bonchev–Trinajstić information content (AvgIpc) is 3.01. The molecule has 1 aliphatic heterocycles. The summed E-state index contributed by atoms with van der Waals surface area (Å²) in [5.74, 6) is 1.77. The first-order chi connectivity index (χ1) is 9.62. The Morgan fingerprint density at radius 3 is 3.00 bits per heavy atom. The molecule has 0 amide bonds. The SMILES string of the molecule is CCCNc1nc(C2(C)CCCO2)nc2sc(C)cc12. The van der Waals surface area contributed by atoms with E-state index in [-0.39, 0.29) is 5.60 Å². The van der Waals surface area contributed by atoms with E-state index >= 15 is 0 Å². The third kappa shape index (κ3) is 2.40. The molecule has 0 aromatic carbocycles. The van der Waals surface area contributed by atoms with Crippen molar-refractivity contribution in [2.75, 3.05) is 18.5 Å². The Morgan fingerprint density at radius 2 is 2.30 bits per heavy atom. The minimum atomic E-state index is -0.325. The third-order valence-electron chi connectivity index (χ3n) is 3.75. The van der Waals surface area contributed by atoms with Crippen LogP contribution in [0.1, 0.15) is 43.8 Å².